The van der Waals surface area contributed by atoms with E-state index in [-0.39, 0.29) is 11.4 Å². The van der Waals surface area contributed by atoms with Crippen LogP contribution < -0.4 is 0 Å². The van der Waals surface area contributed by atoms with Crippen LogP contribution in [0, 0.1) is 10.8 Å². The summed E-state index contributed by atoms with van der Waals surface area (Å²) in [7, 11) is 0. The van der Waals surface area contributed by atoms with Gasteiger partial charge in [-0.3, -0.25) is 10.8 Å². The van der Waals surface area contributed by atoms with E-state index >= 15 is 0 Å². The fourth-order valence-corrected chi connectivity index (χ4v) is 7.54. The molecule has 0 amide bonds. The number of hydrogen-bond donors (Lipinski definition) is 2. The second-order valence-electron chi connectivity index (χ2n) is 13.2. The van der Waals surface area contributed by atoms with Gasteiger partial charge in [0.1, 0.15) is 0 Å². The predicted molar refractivity (Wildman–Crippen MR) is 217 cm³/mol. The van der Waals surface area contributed by atoms with Crippen LogP contribution in [0.1, 0.15) is 11.1 Å². The van der Waals surface area contributed by atoms with Crippen LogP contribution in [-0.2, 0) is 0 Å². The van der Waals surface area contributed by atoms with Crippen LogP contribution in [0.25, 0.3) is 89.6 Å². The van der Waals surface area contributed by atoms with Crippen LogP contribution >= 0.6 is 0 Å². The molecule has 3 aromatic heterocycles. The van der Waals surface area contributed by atoms with E-state index < -0.39 is 0 Å². The van der Waals surface area contributed by atoms with Crippen molar-refractivity contribution in [2.24, 2.45) is 0 Å². The van der Waals surface area contributed by atoms with Gasteiger partial charge in [0, 0.05) is 55.2 Å². The van der Waals surface area contributed by atoms with Crippen molar-refractivity contribution in [3.05, 3.63) is 175 Å². The van der Waals surface area contributed by atoms with Gasteiger partial charge in [0.2, 0.25) is 0 Å². The zero-order valence-electron chi connectivity index (χ0n) is 28.5. The largest absolute Gasteiger partial charge is 0.309 e. The van der Waals surface area contributed by atoms with Gasteiger partial charge in [-0.15, -0.1) is 0 Å². The molecule has 6 heteroatoms. The van der Waals surface area contributed by atoms with E-state index in [2.05, 4.69) is 83.4 Å². The Balaban J connectivity index is 1.17. The van der Waals surface area contributed by atoms with Gasteiger partial charge in [0.05, 0.1) is 45.1 Å². The minimum atomic E-state index is 0.184. The Kier molecular flexibility index (Phi) is 7.01. The normalized spacial score (nSPS) is 12.5. The highest BCUT2D eigenvalue weighted by molar-refractivity contribution is 6.54. The standard InChI is InChI=1S/C47H30N6/c48-38-25-24-37-44(45(38)49)36-23-22-32(27-41(36)50-46(37)29-12-3-1-4-13-29)40-28-39(51-47(52-40)30-14-5-2-6-15-30)31-16-11-17-33(26-31)53-42-20-9-7-18-34(42)35-19-8-10-21-43(35)53/h1-28,48-49H. The molecule has 0 aliphatic heterocycles. The molecule has 10 rings (SSSR count). The summed E-state index contributed by atoms with van der Waals surface area (Å²) in [6.45, 7) is 0. The maximum absolute atomic E-state index is 8.91. The summed E-state index contributed by atoms with van der Waals surface area (Å²) in [5.74, 6) is 0.629. The van der Waals surface area contributed by atoms with Crippen molar-refractivity contribution in [1.29, 1.82) is 10.8 Å². The van der Waals surface area contributed by atoms with E-state index in [0.717, 1.165) is 78.1 Å². The number of nitrogens with zero attached hydrogens (tertiary/aromatic N) is 4. The molecule has 2 N–H and O–H groups in total. The Morgan fingerprint density at radius 2 is 1.06 bits per heavy atom. The van der Waals surface area contributed by atoms with E-state index in [9.17, 15) is 0 Å². The Labute approximate surface area is 305 Å². The monoisotopic (exact) mass is 678 g/mol. The number of hydrogen-bond acceptors (Lipinski definition) is 5. The van der Waals surface area contributed by atoms with E-state index in [4.69, 9.17) is 25.8 Å². The maximum atomic E-state index is 8.91. The lowest BCUT2D eigenvalue weighted by atomic mass is 9.87. The summed E-state index contributed by atoms with van der Waals surface area (Å²) < 4.78 is 2.32. The van der Waals surface area contributed by atoms with Gasteiger partial charge in [-0.25, -0.2) is 15.0 Å². The van der Waals surface area contributed by atoms with E-state index in [1.807, 2.05) is 84.9 Å². The molecule has 248 valence electrons. The molecule has 6 aromatic carbocycles. The molecule has 0 saturated carbocycles. The lowest BCUT2D eigenvalue weighted by molar-refractivity contribution is 1.16. The smallest absolute Gasteiger partial charge is 0.160 e. The minimum absolute atomic E-state index is 0.184. The molecule has 0 saturated heterocycles. The third-order valence-corrected chi connectivity index (χ3v) is 10.0. The lowest BCUT2D eigenvalue weighted by Gasteiger charge is -2.19. The SMILES string of the molecule is N=C1C=Cc2c(-c3ccccc3)nc3cc(-c4cc(-c5cccc(-n6c7ccccc7c7ccccc76)c5)nc(-c5ccccc5)n4)ccc3c2C1=N. The van der Waals surface area contributed by atoms with Crippen LogP contribution in [0.2, 0.25) is 0 Å². The molecular weight excluding hydrogens is 649 g/mol. The fraction of sp³-hybridized carbons (Fsp3) is 0. The number of aromatic nitrogens is 4. The van der Waals surface area contributed by atoms with Gasteiger partial charge in [-0.2, -0.15) is 0 Å². The lowest BCUT2D eigenvalue weighted by Crippen LogP contribution is -2.17. The van der Waals surface area contributed by atoms with Gasteiger partial charge in [-0.05, 0) is 48.6 Å². The first kappa shape index (κ1) is 30.5. The number of allylic oxidation sites excluding steroid dienone is 1. The van der Waals surface area contributed by atoms with Crippen molar-refractivity contribution in [3.8, 4) is 50.8 Å². The van der Waals surface area contributed by atoms with E-state index in [1.54, 1.807) is 6.08 Å². The van der Waals surface area contributed by atoms with Crippen molar-refractivity contribution < 1.29 is 0 Å². The second kappa shape index (κ2) is 12.2. The summed E-state index contributed by atoms with van der Waals surface area (Å²) >= 11 is 0. The highest BCUT2D eigenvalue weighted by atomic mass is 15.0. The Morgan fingerprint density at radius 1 is 0.453 bits per heavy atom. The fourth-order valence-electron chi connectivity index (χ4n) is 7.54. The van der Waals surface area contributed by atoms with Crippen molar-refractivity contribution in [2.75, 3.05) is 0 Å². The van der Waals surface area contributed by atoms with Crippen LogP contribution in [0.3, 0.4) is 0 Å². The molecular formula is C47H30N6. The Morgan fingerprint density at radius 3 is 1.75 bits per heavy atom. The molecule has 9 aromatic rings. The number of rotatable bonds is 5. The molecule has 0 bridgehead atoms. The topological polar surface area (TPSA) is 91.3 Å². The van der Waals surface area contributed by atoms with Crippen LogP contribution in [0.5, 0.6) is 0 Å². The highest BCUT2D eigenvalue weighted by Crippen LogP contribution is 2.37. The second-order valence-corrected chi connectivity index (χ2v) is 13.2. The number of nitrogens with one attached hydrogen (secondary N) is 2. The van der Waals surface area contributed by atoms with Crippen LogP contribution in [0.4, 0.5) is 0 Å². The third kappa shape index (κ3) is 5.07. The predicted octanol–water partition coefficient (Wildman–Crippen LogP) is 11.2. The summed E-state index contributed by atoms with van der Waals surface area (Å²) in [6, 6.07) is 53.9. The average molecular weight is 679 g/mol. The molecule has 1 aliphatic rings. The van der Waals surface area contributed by atoms with Crippen molar-refractivity contribution in [3.63, 3.8) is 0 Å². The van der Waals surface area contributed by atoms with Gasteiger partial charge in [0.15, 0.2) is 5.82 Å². The highest BCUT2D eigenvalue weighted by Gasteiger charge is 2.23. The summed E-state index contributed by atoms with van der Waals surface area (Å²) in [4.78, 5) is 15.5. The molecule has 0 unspecified atom stereocenters. The molecule has 1 aliphatic carbocycles. The summed E-state index contributed by atoms with van der Waals surface area (Å²) in [5.41, 5.74) is 12.2. The quantitative estimate of drug-likeness (QED) is 0.190. The zero-order valence-corrected chi connectivity index (χ0v) is 28.5. The first-order valence-corrected chi connectivity index (χ1v) is 17.5. The minimum Gasteiger partial charge on any atom is -0.309 e. The number of para-hydroxylation sites is 2. The van der Waals surface area contributed by atoms with Gasteiger partial charge < -0.3 is 4.57 Å². The number of pyridine rings is 1. The Bertz CT molecular complexity index is 2920. The molecule has 53 heavy (non-hydrogen) atoms. The Hall–Kier alpha value is -7.31. The van der Waals surface area contributed by atoms with Crippen molar-refractivity contribution in [2.45, 2.75) is 0 Å². The van der Waals surface area contributed by atoms with E-state index in [1.165, 1.54) is 10.8 Å². The summed E-state index contributed by atoms with van der Waals surface area (Å²) in [5, 5.41) is 20.6. The first-order chi connectivity index (χ1) is 26.1. The van der Waals surface area contributed by atoms with Crippen molar-refractivity contribution in [1.82, 2.24) is 19.5 Å². The third-order valence-electron chi connectivity index (χ3n) is 10.0. The zero-order chi connectivity index (χ0) is 35.5. The summed E-state index contributed by atoms with van der Waals surface area (Å²) in [6.07, 6.45) is 3.59. The number of fused-ring (bicyclic) bond motifs is 6. The van der Waals surface area contributed by atoms with Gasteiger partial charge >= 0.3 is 0 Å². The molecule has 0 spiro atoms. The maximum Gasteiger partial charge on any atom is 0.160 e. The van der Waals surface area contributed by atoms with Crippen LogP contribution in [-0.4, -0.2) is 30.9 Å². The average Bonchev–Trinajstić information content (AvgIpc) is 3.56. The molecule has 3 heterocycles. The first-order valence-electron chi connectivity index (χ1n) is 17.5. The molecule has 0 radical (unpaired) electrons. The molecule has 6 nitrogen and oxygen atoms in total. The van der Waals surface area contributed by atoms with E-state index in [0.29, 0.717) is 5.82 Å². The molecule has 0 fully saturated rings. The van der Waals surface area contributed by atoms with Crippen LogP contribution in [0.15, 0.2) is 164 Å². The molecule has 0 atom stereocenters. The van der Waals surface area contributed by atoms with Gasteiger partial charge in [0.25, 0.3) is 0 Å². The van der Waals surface area contributed by atoms with Crippen molar-refractivity contribution >= 4 is 50.2 Å². The number of benzene rings is 6. The van der Waals surface area contributed by atoms with Gasteiger partial charge in [-0.1, -0.05) is 121 Å².